The highest BCUT2D eigenvalue weighted by atomic mass is 32.2. The first-order valence-corrected chi connectivity index (χ1v) is 10.1. The van der Waals surface area contributed by atoms with Gasteiger partial charge in [0.25, 0.3) is 5.91 Å². The molecule has 2 amide bonds. The molecular weight excluding hydrogens is 370 g/mol. The van der Waals surface area contributed by atoms with E-state index in [4.69, 9.17) is 0 Å². The minimum absolute atomic E-state index is 0.0444. The quantitative estimate of drug-likeness (QED) is 0.825. The van der Waals surface area contributed by atoms with Crippen LogP contribution >= 0.6 is 0 Å². The van der Waals surface area contributed by atoms with Crippen LogP contribution in [-0.2, 0) is 19.8 Å². The van der Waals surface area contributed by atoms with Crippen LogP contribution in [0.2, 0.25) is 0 Å². The Bertz CT molecular complexity index is 1070. The number of hydrogen-bond donors (Lipinski definition) is 2. The Labute approximate surface area is 156 Å². The third kappa shape index (κ3) is 2.97. The van der Waals surface area contributed by atoms with Gasteiger partial charge in [-0.1, -0.05) is 12.1 Å². The molecule has 2 aliphatic rings. The zero-order valence-electron chi connectivity index (χ0n) is 14.7. The fourth-order valence-electron chi connectivity index (χ4n) is 3.67. The predicted octanol–water partition coefficient (Wildman–Crippen LogP) is 1.41. The van der Waals surface area contributed by atoms with Gasteiger partial charge in [-0.05, 0) is 47.9 Å². The molecule has 2 N–H and O–H groups in total. The van der Waals surface area contributed by atoms with Crippen molar-refractivity contribution < 1.29 is 23.1 Å². The monoisotopic (exact) mass is 389 g/mol. The molecule has 2 aromatic carbocycles. The number of benzene rings is 2. The average Bonchev–Trinajstić information content (AvgIpc) is 3.15. The molecular formula is C18H19N3O5S. The summed E-state index contributed by atoms with van der Waals surface area (Å²) in [5, 5.41) is 11.7. The summed E-state index contributed by atoms with van der Waals surface area (Å²) in [5.74, 6) is -0.746. The van der Waals surface area contributed by atoms with Crippen LogP contribution in [0, 0.1) is 0 Å². The van der Waals surface area contributed by atoms with E-state index in [0.717, 1.165) is 28.2 Å². The molecule has 2 aliphatic heterocycles. The molecule has 0 saturated carbocycles. The number of aromatic hydroxyl groups is 1. The second kappa shape index (κ2) is 6.12. The summed E-state index contributed by atoms with van der Waals surface area (Å²) in [6.45, 7) is 2.30. The lowest BCUT2D eigenvalue weighted by Crippen LogP contribution is -2.29. The van der Waals surface area contributed by atoms with Gasteiger partial charge in [-0.2, -0.15) is 8.42 Å². The minimum Gasteiger partial charge on any atom is -0.506 e. The molecule has 2 saturated heterocycles. The van der Waals surface area contributed by atoms with Gasteiger partial charge < -0.3 is 10.0 Å². The topological polar surface area (TPSA) is 107 Å². The third-order valence-corrected chi connectivity index (χ3v) is 6.50. The lowest BCUT2D eigenvalue weighted by molar-refractivity contribution is -0.129. The van der Waals surface area contributed by atoms with E-state index in [2.05, 4.69) is 0 Å². The molecule has 27 heavy (non-hydrogen) atoms. The molecule has 1 unspecified atom stereocenters. The van der Waals surface area contributed by atoms with Gasteiger partial charge in [-0.15, -0.1) is 0 Å². The summed E-state index contributed by atoms with van der Waals surface area (Å²) in [7, 11) is -4.01. The van der Waals surface area contributed by atoms with Gasteiger partial charge in [-0.25, -0.2) is 9.03 Å². The normalized spacial score (nSPS) is 20.3. The third-order valence-electron chi connectivity index (χ3n) is 5.11. The molecule has 0 bridgehead atoms. The van der Waals surface area contributed by atoms with Gasteiger partial charge in [0.05, 0.1) is 11.7 Å². The molecule has 0 radical (unpaired) electrons. The number of nitrogens with one attached hydrogen (secondary N) is 1. The van der Waals surface area contributed by atoms with Crippen LogP contribution in [0.25, 0.3) is 10.8 Å². The van der Waals surface area contributed by atoms with Crippen LogP contribution in [0.3, 0.4) is 0 Å². The van der Waals surface area contributed by atoms with E-state index < -0.39 is 16.1 Å². The van der Waals surface area contributed by atoms with Gasteiger partial charge in [0.15, 0.2) is 0 Å². The molecule has 9 heteroatoms. The van der Waals surface area contributed by atoms with Crippen LogP contribution in [0.1, 0.15) is 31.4 Å². The van der Waals surface area contributed by atoms with E-state index >= 15 is 0 Å². The van der Waals surface area contributed by atoms with E-state index in [1.807, 2.05) is 34.7 Å². The van der Waals surface area contributed by atoms with Gasteiger partial charge in [0.1, 0.15) is 12.3 Å². The molecule has 8 nitrogen and oxygen atoms in total. The van der Waals surface area contributed by atoms with Crippen molar-refractivity contribution in [1.82, 2.24) is 9.62 Å². The number of phenols is 1. The number of nitrogens with zero attached hydrogens (tertiary/aromatic N) is 2. The summed E-state index contributed by atoms with van der Waals surface area (Å²) in [6.07, 6.45) is 1.41. The van der Waals surface area contributed by atoms with Crippen molar-refractivity contribution in [2.24, 2.45) is 0 Å². The van der Waals surface area contributed by atoms with E-state index in [1.165, 1.54) is 6.07 Å². The lowest BCUT2D eigenvalue weighted by atomic mass is 10.0. The smallest absolute Gasteiger partial charge is 0.326 e. The first-order chi connectivity index (χ1) is 12.8. The van der Waals surface area contributed by atoms with Crippen molar-refractivity contribution in [3.8, 4) is 5.75 Å². The van der Waals surface area contributed by atoms with E-state index in [0.29, 0.717) is 11.8 Å². The summed E-state index contributed by atoms with van der Waals surface area (Å²) in [5.41, 5.74) is 0.968. The number of carbonyl (C=O) groups is 2. The lowest BCUT2D eigenvalue weighted by Gasteiger charge is -2.25. The number of rotatable bonds is 3. The Hall–Kier alpha value is -2.81. The summed E-state index contributed by atoms with van der Waals surface area (Å²) >= 11 is 0. The van der Waals surface area contributed by atoms with E-state index in [9.17, 15) is 23.1 Å². The highest BCUT2D eigenvalue weighted by molar-refractivity contribution is 7.92. The largest absolute Gasteiger partial charge is 0.506 e. The summed E-state index contributed by atoms with van der Waals surface area (Å²) in [6, 6.07) is 8.53. The van der Waals surface area contributed by atoms with Crippen molar-refractivity contribution >= 4 is 38.5 Å². The molecule has 4 rings (SSSR count). The number of carbonyl (C=O) groups excluding carboxylic acids is 2. The maximum atomic E-state index is 12.1. The zero-order valence-corrected chi connectivity index (χ0v) is 15.5. The van der Waals surface area contributed by atoms with Crippen molar-refractivity contribution in [3.63, 3.8) is 0 Å². The molecule has 2 aromatic rings. The number of fused-ring (bicyclic) bond motifs is 1. The number of amides is 2. The number of hydrogen-bond acceptors (Lipinski definition) is 5. The Morgan fingerprint density at radius 3 is 2.56 bits per heavy atom. The highest BCUT2D eigenvalue weighted by Gasteiger charge is 2.35. The van der Waals surface area contributed by atoms with Crippen LogP contribution in [0.15, 0.2) is 30.3 Å². The Morgan fingerprint density at radius 1 is 1.15 bits per heavy atom. The average molecular weight is 389 g/mol. The molecule has 0 spiro atoms. The number of phenolic OH excluding ortho intramolecular Hbond substituents is 1. The van der Waals surface area contributed by atoms with Gasteiger partial charge in [-0.3, -0.25) is 9.59 Å². The van der Waals surface area contributed by atoms with Crippen LogP contribution in [0.5, 0.6) is 5.75 Å². The fraction of sp³-hybridized carbons (Fsp3) is 0.333. The fourth-order valence-corrected chi connectivity index (χ4v) is 4.83. The van der Waals surface area contributed by atoms with Crippen molar-refractivity contribution in [1.29, 1.82) is 0 Å². The van der Waals surface area contributed by atoms with E-state index in [-0.39, 0.29) is 29.9 Å². The number of anilines is 1. The van der Waals surface area contributed by atoms with Crippen LogP contribution < -0.4 is 9.03 Å². The molecule has 2 fully saturated rings. The minimum atomic E-state index is -4.01. The molecule has 2 heterocycles. The van der Waals surface area contributed by atoms with Crippen molar-refractivity contribution in [2.75, 3.05) is 17.4 Å². The second-order valence-corrected chi connectivity index (χ2v) is 8.45. The standard InChI is InChI=1S/C18H19N3O5S/c1-11(20-6-2-3-18(20)24)12-4-5-13-9-16(22)15(8-14(13)7-12)21-10-17(23)19-27(21,25)26/h4-5,7-9,11,22H,2-3,6,10H2,1H3,(H,19,23). The van der Waals surface area contributed by atoms with Gasteiger partial charge in [0.2, 0.25) is 5.91 Å². The molecule has 0 aromatic heterocycles. The van der Waals surface area contributed by atoms with Crippen molar-refractivity contribution in [2.45, 2.75) is 25.8 Å². The van der Waals surface area contributed by atoms with E-state index in [1.54, 1.807) is 6.07 Å². The number of likely N-dealkylation sites (tertiary alicyclic amines) is 1. The van der Waals surface area contributed by atoms with Gasteiger partial charge in [0, 0.05) is 13.0 Å². The zero-order chi connectivity index (χ0) is 19.3. The van der Waals surface area contributed by atoms with Crippen LogP contribution in [-0.4, -0.2) is 43.3 Å². The first kappa shape index (κ1) is 17.6. The Kier molecular flexibility index (Phi) is 3.99. The predicted molar refractivity (Wildman–Crippen MR) is 99.4 cm³/mol. The maximum absolute atomic E-state index is 12.1. The second-order valence-electron chi connectivity index (χ2n) is 6.85. The summed E-state index contributed by atoms with van der Waals surface area (Å²) in [4.78, 5) is 25.3. The SMILES string of the molecule is CC(c1ccc2cc(O)c(N3CC(=O)NS3(=O)=O)cc2c1)N1CCCC1=O. The first-order valence-electron chi connectivity index (χ1n) is 8.66. The van der Waals surface area contributed by atoms with Crippen molar-refractivity contribution in [3.05, 3.63) is 35.9 Å². The maximum Gasteiger partial charge on any atom is 0.326 e. The highest BCUT2D eigenvalue weighted by Crippen LogP contribution is 2.36. The Morgan fingerprint density at radius 2 is 1.93 bits per heavy atom. The summed E-state index contributed by atoms with van der Waals surface area (Å²) < 4.78 is 26.9. The molecule has 1 atom stereocenters. The Balaban J connectivity index is 1.76. The van der Waals surface area contributed by atoms with Gasteiger partial charge >= 0.3 is 10.2 Å². The molecule has 0 aliphatic carbocycles. The molecule has 142 valence electrons. The van der Waals surface area contributed by atoms with Crippen LogP contribution in [0.4, 0.5) is 5.69 Å².